The molecule has 4 nitrogen and oxygen atoms in total. The summed E-state index contributed by atoms with van der Waals surface area (Å²) < 4.78 is 1.15. The van der Waals surface area contributed by atoms with Gasteiger partial charge in [-0.25, -0.2) is 4.79 Å². The standard InChI is InChI=1S/C12H11ClN2O2S/c13-5-3-11(16)15-12(17)14-9-1-2-10-8(7-9)4-6-18-10/h1-2,4,6-7H,3,5H2,(H2,14,15,16,17). The Bertz CT molecular complexity index is 582. The van der Waals surface area contributed by atoms with E-state index in [2.05, 4.69) is 10.6 Å². The summed E-state index contributed by atoms with van der Waals surface area (Å²) in [4.78, 5) is 22.6. The first-order chi connectivity index (χ1) is 8.69. The average molecular weight is 283 g/mol. The number of hydrogen-bond donors (Lipinski definition) is 2. The van der Waals surface area contributed by atoms with Crippen molar-refractivity contribution in [1.82, 2.24) is 5.32 Å². The molecule has 2 rings (SSSR count). The van der Waals surface area contributed by atoms with Crippen LogP contribution in [0.3, 0.4) is 0 Å². The number of hydrogen-bond acceptors (Lipinski definition) is 3. The zero-order valence-corrected chi connectivity index (χ0v) is 11.0. The third-order valence-corrected chi connectivity index (χ3v) is 3.37. The molecular formula is C12H11ClN2O2S. The van der Waals surface area contributed by atoms with Crippen molar-refractivity contribution in [1.29, 1.82) is 0 Å². The van der Waals surface area contributed by atoms with Crippen molar-refractivity contribution < 1.29 is 9.59 Å². The molecule has 0 saturated heterocycles. The van der Waals surface area contributed by atoms with Gasteiger partial charge < -0.3 is 5.32 Å². The molecule has 6 heteroatoms. The quantitative estimate of drug-likeness (QED) is 0.850. The van der Waals surface area contributed by atoms with Crippen LogP contribution in [0.25, 0.3) is 10.1 Å². The van der Waals surface area contributed by atoms with Crippen molar-refractivity contribution in [3.63, 3.8) is 0 Å². The Hall–Kier alpha value is -1.59. The van der Waals surface area contributed by atoms with Crippen LogP contribution in [-0.4, -0.2) is 17.8 Å². The number of thiophene rings is 1. The monoisotopic (exact) mass is 282 g/mol. The van der Waals surface area contributed by atoms with Crippen molar-refractivity contribution in [2.24, 2.45) is 0 Å². The highest BCUT2D eigenvalue weighted by Gasteiger charge is 2.07. The lowest BCUT2D eigenvalue weighted by Crippen LogP contribution is -2.34. The Kier molecular flexibility index (Phi) is 4.17. The molecule has 1 aromatic carbocycles. The van der Waals surface area contributed by atoms with E-state index in [0.717, 1.165) is 10.1 Å². The van der Waals surface area contributed by atoms with Crippen LogP contribution in [-0.2, 0) is 4.79 Å². The van der Waals surface area contributed by atoms with E-state index in [4.69, 9.17) is 11.6 Å². The fourth-order valence-electron chi connectivity index (χ4n) is 1.48. The smallest absolute Gasteiger partial charge is 0.308 e. The van der Waals surface area contributed by atoms with Gasteiger partial charge in [-0.1, -0.05) is 0 Å². The molecule has 2 aromatic rings. The van der Waals surface area contributed by atoms with Crippen LogP contribution >= 0.6 is 22.9 Å². The lowest BCUT2D eigenvalue weighted by Gasteiger charge is -2.06. The summed E-state index contributed by atoms with van der Waals surface area (Å²) in [7, 11) is 0. The number of imide groups is 1. The second kappa shape index (κ2) is 5.84. The second-order valence-corrected chi connectivity index (χ2v) is 4.94. The molecule has 0 aliphatic heterocycles. The van der Waals surface area contributed by atoms with Crippen LogP contribution < -0.4 is 10.6 Å². The Morgan fingerprint density at radius 3 is 2.89 bits per heavy atom. The van der Waals surface area contributed by atoms with Gasteiger partial charge in [0.1, 0.15) is 0 Å². The van der Waals surface area contributed by atoms with E-state index >= 15 is 0 Å². The van der Waals surface area contributed by atoms with Crippen LogP contribution in [0.2, 0.25) is 0 Å². The molecule has 0 aliphatic carbocycles. The topological polar surface area (TPSA) is 58.2 Å². The number of rotatable bonds is 3. The molecular weight excluding hydrogens is 272 g/mol. The largest absolute Gasteiger partial charge is 0.325 e. The minimum Gasteiger partial charge on any atom is -0.308 e. The zero-order chi connectivity index (χ0) is 13.0. The van der Waals surface area contributed by atoms with Crippen LogP contribution in [0.5, 0.6) is 0 Å². The lowest BCUT2D eigenvalue weighted by molar-refractivity contribution is -0.119. The van der Waals surface area contributed by atoms with Gasteiger partial charge in [-0.05, 0) is 35.0 Å². The third-order valence-electron chi connectivity index (χ3n) is 2.28. The fourth-order valence-corrected chi connectivity index (χ4v) is 2.42. The summed E-state index contributed by atoms with van der Waals surface area (Å²) in [6, 6.07) is 7.01. The summed E-state index contributed by atoms with van der Waals surface area (Å²) in [6.45, 7) is 0. The molecule has 0 spiro atoms. The van der Waals surface area contributed by atoms with Crippen LogP contribution in [0.15, 0.2) is 29.6 Å². The second-order valence-electron chi connectivity index (χ2n) is 3.61. The van der Waals surface area contributed by atoms with E-state index in [0.29, 0.717) is 5.69 Å². The van der Waals surface area contributed by atoms with Crippen molar-refractivity contribution in [3.8, 4) is 0 Å². The highest BCUT2D eigenvalue weighted by atomic mass is 35.5. The van der Waals surface area contributed by atoms with E-state index in [1.54, 1.807) is 17.4 Å². The van der Waals surface area contributed by atoms with Gasteiger partial charge in [0.2, 0.25) is 5.91 Å². The molecule has 1 aromatic heterocycles. The van der Waals surface area contributed by atoms with Crippen LogP contribution in [0, 0.1) is 0 Å². The molecule has 0 fully saturated rings. The van der Waals surface area contributed by atoms with Gasteiger partial charge in [0, 0.05) is 22.7 Å². The first kappa shape index (κ1) is 12.9. The Morgan fingerprint density at radius 2 is 2.11 bits per heavy atom. The van der Waals surface area contributed by atoms with Gasteiger partial charge >= 0.3 is 6.03 Å². The SMILES string of the molecule is O=C(CCCl)NC(=O)Nc1ccc2sccc2c1. The molecule has 1 heterocycles. The third kappa shape index (κ3) is 3.21. The molecule has 0 saturated carbocycles. The van der Waals surface area contributed by atoms with E-state index < -0.39 is 6.03 Å². The predicted octanol–water partition coefficient (Wildman–Crippen LogP) is 3.18. The van der Waals surface area contributed by atoms with E-state index in [1.165, 1.54) is 0 Å². The number of fused-ring (bicyclic) bond motifs is 1. The molecule has 18 heavy (non-hydrogen) atoms. The molecule has 3 amide bonds. The highest BCUT2D eigenvalue weighted by Crippen LogP contribution is 2.23. The number of urea groups is 1. The maximum absolute atomic E-state index is 11.5. The van der Waals surface area contributed by atoms with E-state index in [9.17, 15) is 9.59 Å². The Balaban J connectivity index is 2.00. The van der Waals surface area contributed by atoms with Gasteiger partial charge in [-0.3, -0.25) is 10.1 Å². The number of alkyl halides is 1. The Morgan fingerprint density at radius 1 is 1.28 bits per heavy atom. The molecule has 0 unspecified atom stereocenters. The molecule has 0 bridgehead atoms. The van der Waals surface area contributed by atoms with Crippen molar-refractivity contribution >= 4 is 50.6 Å². The number of amides is 3. The number of carbonyl (C=O) groups excluding carboxylic acids is 2. The molecule has 0 aliphatic rings. The fraction of sp³-hybridized carbons (Fsp3) is 0.167. The van der Waals surface area contributed by atoms with Gasteiger partial charge in [-0.2, -0.15) is 0 Å². The normalized spacial score (nSPS) is 10.3. The summed E-state index contributed by atoms with van der Waals surface area (Å²) >= 11 is 7.04. The molecule has 0 atom stereocenters. The van der Waals surface area contributed by atoms with Crippen LogP contribution in [0.1, 0.15) is 6.42 Å². The maximum Gasteiger partial charge on any atom is 0.325 e. The number of nitrogens with one attached hydrogen (secondary N) is 2. The Labute approximate surface area is 113 Å². The summed E-state index contributed by atoms with van der Waals surface area (Å²) in [5.74, 6) is -0.195. The van der Waals surface area contributed by atoms with E-state index in [1.807, 2.05) is 23.6 Å². The first-order valence-corrected chi connectivity index (χ1v) is 6.74. The maximum atomic E-state index is 11.5. The summed E-state index contributed by atoms with van der Waals surface area (Å²) in [5.41, 5.74) is 0.650. The van der Waals surface area contributed by atoms with Crippen molar-refractivity contribution in [2.45, 2.75) is 6.42 Å². The molecule has 2 N–H and O–H groups in total. The van der Waals surface area contributed by atoms with Gasteiger partial charge in [0.25, 0.3) is 0 Å². The summed E-state index contributed by atoms with van der Waals surface area (Å²) in [5, 5.41) is 7.85. The lowest BCUT2D eigenvalue weighted by atomic mass is 10.2. The minimum absolute atomic E-state index is 0.124. The van der Waals surface area contributed by atoms with Crippen molar-refractivity contribution in [2.75, 3.05) is 11.2 Å². The average Bonchev–Trinajstić information content (AvgIpc) is 2.76. The van der Waals surface area contributed by atoms with Crippen LogP contribution in [0.4, 0.5) is 10.5 Å². The van der Waals surface area contributed by atoms with Gasteiger partial charge in [0.05, 0.1) is 0 Å². The number of carbonyl (C=O) groups is 2. The number of anilines is 1. The number of benzene rings is 1. The molecule has 94 valence electrons. The number of halogens is 1. The van der Waals surface area contributed by atoms with Gasteiger partial charge in [-0.15, -0.1) is 22.9 Å². The highest BCUT2D eigenvalue weighted by molar-refractivity contribution is 7.17. The first-order valence-electron chi connectivity index (χ1n) is 5.33. The van der Waals surface area contributed by atoms with E-state index in [-0.39, 0.29) is 18.2 Å². The van der Waals surface area contributed by atoms with Gasteiger partial charge in [0.15, 0.2) is 0 Å². The summed E-state index contributed by atoms with van der Waals surface area (Å²) in [6.07, 6.45) is 0.124. The molecule has 0 radical (unpaired) electrons. The predicted molar refractivity (Wildman–Crippen MR) is 74.3 cm³/mol. The zero-order valence-electron chi connectivity index (χ0n) is 9.40. The minimum atomic E-state index is -0.542. The van der Waals surface area contributed by atoms with Crippen molar-refractivity contribution in [3.05, 3.63) is 29.6 Å².